The Morgan fingerprint density at radius 2 is 2.00 bits per heavy atom. The third kappa shape index (κ3) is 2.17. The molecule has 0 fully saturated rings. The highest BCUT2D eigenvalue weighted by Crippen LogP contribution is 2.27. The summed E-state index contributed by atoms with van der Waals surface area (Å²) in [7, 11) is 5.68. The van der Waals surface area contributed by atoms with E-state index in [-0.39, 0.29) is 6.04 Å². The van der Waals surface area contributed by atoms with E-state index in [0.717, 1.165) is 17.0 Å². The number of ether oxygens (including phenoxy) is 1. The number of rotatable bonds is 3. The molecule has 0 aromatic heterocycles. The summed E-state index contributed by atoms with van der Waals surface area (Å²) in [6.07, 6.45) is 0. The van der Waals surface area contributed by atoms with Crippen molar-refractivity contribution < 1.29 is 4.74 Å². The van der Waals surface area contributed by atoms with Gasteiger partial charge < -0.3 is 15.4 Å². The highest BCUT2D eigenvalue weighted by molar-refractivity contribution is 5.53. The van der Waals surface area contributed by atoms with Crippen LogP contribution >= 0.6 is 0 Å². The molecule has 78 valence electrons. The van der Waals surface area contributed by atoms with Gasteiger partial charge in [0.15, 0.2) is 0 Å². The quantitative estimate of drug-likeness (QED) is 0.797. The fourth-order valence-electron chi connectivity index (χ4n) is 1.36. The Morgan fingerprint density at radius 3 is 2.43 bits per heavy atom. The lowest BCUT2D eigenvalue weighted by Crippen LogP contribution is -2.12. The van der Waals surface area contributed by atoms with Crippen LogP contribution in [-0.4, -0.2) is 21.2 Å². The first-order chi connectivity index (χ1) is 6.56. The predicted octanol–water partition coefficient (Wildman–Crippen LogP) is 1.78. The predicted molar refractivity (Wildman–Crippen MR) is 59.9 cm³/mol. The van der Waals surface area contributed by atoms with E-state index in [1.54, 1.807) is 7.11 Å². The van der Waals surface area contributed by atoms with Crippen LogP contribution in [0.15, 0.2) is 18.2 Å². The molecule has 0 aliphatic carbocycles. The Hall–Kier alpha value is -1.22. The van der Waals surface area contributed by atoms with E-state index < -0.39 is 0 Å². The molecule has 0 spiro atoms. The van der Waals surface area contributed by atoms with Crippen LogP contribution in [0.1, 0.15) is 18.5 Å². The largest absolute Gasteiger partial charge is 0.496 e. The van der Waals surface area contributed by atoms with Gasteiger partial charge >= 0.3 is 0 Å². The van der Waals surface area contributed by atoms with Crippen molar-refractivity contribution in [1.82, 2.24) is 0 Å². The van der Waals surface area contributed by atoms with E-state index in [1.165, 1.54) is 0 Å². The average Bonchev–Trinajstić information content (AvgIpc) is 2.16. The first-order valence-electron chi connectivity index (χ1n) is 4.67. The van der Waals surface area contributed by atoms with Crippen molar-refractivity contribution in [2.75, 3.05) is 26.1 Å². The van der Waals surface area contributed by atoms with Crippen molar-refractivity contribution in [1.29, 1.82) is 0 Å². The van der Waals surface area contributed by atoms with Crippen molar-refractivity contribution in [2.45, 2.75) is 13.0 Å². The van der Waals surface area contributed by atoms with Crippen molar-refractivity contribution in [3.8, 4) is 5.75 Å². The highest BCUT2D eigenvalue weighted by atomic mass is 16.5. The highest BCUT2D eigenvalue weighted by Gasteiger charge is 2.08. The van der Waals surface area contributed by atoms with E-state index in [4.69, 9.17) is 10.5 Å². The Labute approximate surface area is 85.5 Å². The SMILES string of the molecule is COc1ccc(N(C)C)cc1C(C)N. The monoisotopic (exact) mass is 194 g/mol. The molecule has 1 aromatic rings. The number of nitrogens with zero attached hydrogens (tertiary/aromatic N) is 1. The lowest BCUT2D eigenvalue weighted by Gasteiger charge is -2.17. The molecular formula is C11H18N2O. The van der Waals surface area contributed by atoms with Crippen LogP contribution in [0, 0.1) is 0 Å². The minimum atomic E-state index is -0.00940. The number of benzene rings is 1. The summed E-state index contributed by atoms with van der Waals surface area (Å²) in [5, 5.41) is 0. The van der Waals surface area contributed by atoms with Gasteiger partial charge in [-0.15, -0.1) is 0 Å². The molecule has 3 nitrogen and oxygen atoms in total. The first kappa shape index (κ1) is 10.9. The van der Waals surface area contributed by atoms with Crippen LogP contribution in [0.2, 0.25) is 0 Å². The first-order valence-corrected chi connectivity index (χ1v) is 4.67. The van der Waals surface area contributed by atoms with Gasteiger partial charge in [0, 0.05) is 31.4 Å². The zero-order valence-corrected chi connectivity index (χ0v) is 9.24. The molecule has 14 heavy (non-hydrogen) atoms. The smallest absolute Gasteiger partial charge is 0.123 e. The average molecular weight is 194 g/mol. The molecule has 0 aliphatic rings. The standard InChI is InChI=1S/C11H18N2O/c1-8(12)10-7-9(13(2)3)5-6-11(10)14-4/h5-8H,12H2,1-4H3. The van der Waals surface area contributed by atoms with Gasteiger partial charge in [0.25, 0.3) is 0 Å². The van der Waals surface area contributed by atoms with Crippen LogP contribution in [0.25, 0.3) is 0 Å². The number of nitrogens with two attached hydrogens (primary N) is 1. The molecule has 0 saturated carbocycles. The number of hydrogen-bond acceptors (Lipinski definition) is 3. The summed E-state index contributed by atoms with van der Waals surface area (Å²) in [4.78, 5) is 2.05. The molecule has 3 heteroatoms. The Kier molecular flexibility index (Phi) is 3.36. The third-order valence-electron chi connectivity index (χ3n) is 2.22. The summed E-state index contributed by atoms with van der Waals surface area (Å²) < 4.78 is 5.24. The molecular weight excluding hydrogens is 176 g/mol. The Morgan fingerprint density at radius 1 is 1.36 bits per heavy atom. The minimum absolute atomic E-state index is 0.00940. The summed E-state index contributed by atoms with van der Waals surface area (Å²) in [5.74, 6) is 0.852. The van der Waals surface area contributed by atoms with Gasteiger partial charge in [0.1, 0.15) is 5.75 Å². The normalized spacial score (nSPS) is 12.4. The minimum Gasteiger partial charge on any atom is -0.496 e. The molecule has 1 unspecified atom stereocenters. The van der Waals surface area contributed by atoms with Gasteiger partial charge in [-0.25, -0.2) is 0 Å². The van der Waals surface area contributed by atoms with E-state index >= 15 is 0 Å². The lowest BCUT2D eigenvalue weighted by atomic mass is 10.1. The summed E-state index contributed by atoms with van der Waals surface area (Å²) >= 11 is 0. The Bertz CT molecular complexity index is 308. The number of methoxy groups -OCH3 is 1. The lowest BCUT2D eigenvalue weighted by molar-refractivity contribution is 0.407. The van der Waals surface area contributed by atoms with Gasteiger partial charge in [-0.05, 0) is 25.1 Å². The van der Waals surface area contributed by atoms with Gasteiger partial charge in [-0.1, -0.05) is 0 Å². The van der Waals surface area contributed by atoms with E-state index in [9.17, 15) is 0 Å². The fourth-order valence-corrected chi connectivity index (χ4v) is 1.36. The van der Waals surface area contributed by atoms with Crippen molar-refractivity contribution in [2.24, 2.45) is 5.73 Å². The summed E-state index contributed by atoms with van der Waals surface area (Å²) in [6.45, 7) is 1.96. The van der Waals surface area contributed by atoms with Crippen molar-refractivity contribution >= 4 is 5.69 Å². The molecule has 2 N–H and O–H groups in total. The molecule has 0 saturated heterocycles. The van der Waals surface area contributed by atoms with E-state index in [1.807, 2.05) is 38.1 Å². The molecule has 1 atom stereocenters. The maximum Gasteiger partial charge on any atom is 0.123 e. The number of anilines is 1. The van der Waals surface area contributed by atoms with E-state index in [2.05, 4.69) is 6.07 Å². The van der Waals surface area contributed by atoms with E-state index in [0.29, 0.717) is 0 Å². The fraction of sp³-hybridized carbons (Fsp3) is 0.455. The molecule has 0 heterocycles. The maximum absolute atomic E-state index is 5.86. The second-order valence-electron chi connectivity index (χ2n) is 3.61. The van der Waals surface area contributed by atoms with Crippen LogP contribution < -0.4 is 15.4 Å². The summed E-state index contributed by atoms with van der Waals surface area (Å²) in [5.41, 5.74) is 8.04. The van der Waals surface area contributed by atoms with Gasteiger partial charge in [0.2, 0.25) is 0 Å². The van der Waals surface area contributed by atoms with Crippen molar-refractivity contribution in [3.05, 3.63) is 23.8 Å². The molecule has 0 radical (unpaired) electrons. The third-order valence-corrected chi connectivity index (χ3v) is 2.22. The zero-order chi connectivity index (χ0) is 10.7. The van der Waals surface area contributed by atoms with Gasteiger partial charge in [-0.2, -0.15) is 0 Å². The molecule has 1 aromatic carbocycles. The van der Waals surface area contributed by atoms with Gasteiger partial charge in [-0.3, -0.25) is 0 Å². The maximum atomic E-state index is 5.86. The van der Waals surface area contributed by atoms with Crippen LogP contribution in [0.5, 0.6) is 5.75 Å². The molecule has 0 aliphatic heterocycles. The van der Waals surface area contributed by atoms with Crippen LogP contribution in [-0.2, 0) is 0 Å². The zero-order valence-electron chi connectivity index (χ0n) is 9.24. The second kappa shape index (κ2) is 4.33. The second-order valence-corrected chi connectivity index (χ2v) is 3.61. The summed E-state index contributed by atoms with van der Waals surface area (Å²) in [6, 6.07) is 6.02. The number of hydrogen-bond donors (Lipinski definition) is 1. The Balaban J connectivity index is 3.14. The van der Waals surface area contributed by atoms with Crippen LogP contribution in [0.4, 0.5) is 5.69 Å². The van der Waals surface area contributed by atoms with Gasteiger partial charge in [0.05, 0.1) is 7.11 Å². The molecule has 0 amide bonds. The molecule has 0 bridgehead atoms. The van der Waals surface area contributed by atoms with Crippen molar-refractivity contribution in [3.63, 3.8) is 0 Å². The molecule has 1 rings (SSSR count). The van der Waals surface area contributed by atoms with Crippen LogP contribution in [0.3, 0.4) is 0 Å². The topological polar surface area (TPSA) is 38.5 Å².